The molecule has 0 aliphatic heterocycles. The van der Waals surface area contributed by atoms with Crippen molar-refractivity contribution in [3.63, 3.8) is 0 Å². The van der Waals surface area contributed by atoms with E-state index in [0.717, 1.165) is 24.4 Å². The van der Waals surface area contributed by atoms with Gasteiger partial charge in [-0.3, -0.25) is 4.79 Å². The fourth-order valence-corrected chi connectivity index (χ4v) is 2.44. The molecular weight excluding hydrogens is 246 g/mol. The first-order valence-corrected chi connectivity index (χ1v) is 7.01. The maximum absolute atomic E-state index is 11.7. The van der Waals surface area contributed by atoms with Crippen molar-refractivity contribution in [2.75, 3.05) is 0 Å². The van der Waals surface area contributed by atoms with Crippen molar-refractivity contribution in [1.29, 1.82) is 0 Å². The summed E-state index contributed by atoms with van der Waals surface area (Å²) in [6, 6.07) is 1.97. The number of hydrogen-bond donors (Lipinski definition) is 1. The predicted octanol–water partition coefficient (Wildman–Crippen LogP) is 2.21. The number of nitrogens with one attached hydrogen (secondary N) is 1. The summed E-state index contributed by atoms with van der Waals surface area (Å²) in [7, 11) is 0. The maximum Gasteiger partial charge on any atom is 0.224 e. The van der Waals surface area contributed by atoms with E-state index < -0.39 is 0 Å². The van der Waals surface area contributed by atoms with E-state index in [1.807, 2.05) is 23.0 Å². The lowest BCUT2D eigenvalue weighted by atomic mass is 10.2. The van der Waals surface area contributed by atoms with E-state index in [1.54, 1.807) is 17.5 Å². The van der Waals surface area contributed by atoms with Crippen LogP contribution in [0, 0.1) is 0 Å². The maximum atomic E-state index is 11.7. The molecule has 0 aliphatic rings. The van der Waals surface area contributed by atoms with Gasteiger partial charge in [0, 0.05) is 18.9 Å². The second kappa shape index (κ2) is 6.35. The number of carbonyl (C=O) groups excluding carboxylic acids is 1. The molecule has 0 atom stereocenters. The third-order valence-corrected chi connectivity index (χ3v) is 3.39. The van der Waals surface area contributed by atoms with Crippen LogP contribution in [0.25, 0.3) is 0 Å². The number of thiophene rings is 1. The molecule has 4 nitrogen and oxygen atoms in total. The van der Waals surface area contributed by atoms with E-state index in [0.29, 0.717) is 13.0 Å². The fourth-order valence-electron chi connectivity index (χ4n) is 1.77. The smallest absolute Gasteiger partial charge is 0.224 e. The van der Waals surface area contributed by atoms with Crippen molar-refractivity contribution in [3.05, 3.63) is 40.6 Å². The number of nitrogens with zero attached hydrogens (tertiary/aromatic N) is 2. The van der Waals surface area contributed by atoms with E-state index in [-0.39, 0.29) is 5.91 Å². The van der Waals surface area contributed by atoms with E-state index in [9.17, 15) is 4.79 Å². The predicted molar refractivity (Wildman–Crippen MR) is 72.4 cm³/mol. The molecule has 18 heavy (non-hydrogen) atoms. The first kappa shape index (κ1) is 12.8. The lowest BCUT2D eigenvalue weighted by Crippen LogP contribution is -2.26. The summed E-state index contributed by atoms with van der Waals surface area (Å²) in [4.78, 5) is 16.0. The van der Waals surface area contributed by atoms with Crippen LogP contribution in [0.5, 0.6) is 0 Å². The summed E-state index contributed by atoms with van der Waals surface area (Å²) in [5.74, 6) is 0.954. The van der Waals surface area contributed by atoms with Gasteiger partial charge >= 0.3 is 0 Å². The zero-order chi connectivity index (χ0) is 12.8. The van der Waals surface area contributed by atoms with Crippen molar-refractivity contribution >= 4 is 17.2 Å². The highest BCUT2D eigenvalue weighted by molar-refractivity contribution is 7.07. The monoisotopic (exact) mass is 263 g/mol. The third-order valence-electron chi connectivity index (χ3n) is 2.65. The van der Waals surface area contributed by atoms with Crippen molar-refractivity contribution in [1.82, 2.24) is 14.9 Å². The number of hydrogen-bond acceptors (Lipinski definition) is 3. The van der Waals surface area contributed by atoms with Crippen molar-refractivity contribution in [3.8, 4) is 0 Å². The average Bonchev–Trinajstić information content (AvgIpc) is 2.99. The zero-order valence-corrected chi connectivity index (χ0v) is 11.2. The molecule has 0 unspecified atom stereocenters. The van der Waals surface area contributed by atoms with Crippen LogP contribution in [-0.2, 0) is 24.3 Å². The standard InChI is InChI=1S/C13H17N3OS/c1-2-5-16-6-4-14-12(16)9-15-13(17)8-11-3-7-18-10-11/h3-4,6-7,10H,2,5,8-9H2,1H3,(H,15,17). The van der Waals surface area contributed by atoms with Gasteiger partial charge in [-0.25, -0.2) is 4.98 Å². The topological polar surface area (TPSA) is 46.9 Å². The second-order valence-corrected chi connectivity index (χ2v) is 4.90. The first-order chi connectivity index (χ1) is 8.79. The zero-order valence-electron chi connectivity index (χ0n) is 10.4. The Kier molecular flexibility index (Phi) is 4.52. The van der Waals surface area contributed by atoms with Crippen LogP contribution in [0.3, 0.4) is 0 Å². The van der Waals surface area contributed by atoms with E-state index in [4.69, 9.17) is 0 Å². The van der Waals surface area contributed by atoms with Gasteiger partial charge < -0.3 is 9.88 Å². The Morgan fingerprint density at radius 1 is 1.56 bits per heavy atom. The van der Waals surface area contributed by atoms with Gasteiger partial charge in [0.1, 0.15) is 5.82 Å². The fraction of sp³-hybridized carbons (Fsp3) is 0.385. The molecule has 1 N–H and O–H groups in total. The summed E-state index contributed by atoms with van der Waals surface area (Å²) in [6.45, 7) is 3.56. The minimum Gasteiger partial charge on any atom is -0.349 e. The van der Waals surface area contributed by atoms with Crippen molar-refractivity contribution < 1.29 is 4.79 Å². The highest BCUT2D eigenvalue weighted by atomic mass is 32.1. The van der Waals surface area contributed by atoms with Gasteiger partial charge in [0.25, 0.3) is 0 Å². The van der Waals surface area contributed by atoms with Gasteiger partial charge in [-0.2, -0.15) is 11.3 Å². The first-order valence-electron chi connectivity index (χ1n) is 6.07. The Morgan fingerprint density at radius 2 is 2.44 bits per heavy atom. The molecule has 0 bridgehead atoms. The number of imidazole rings is 1. The normalized spacial score (nSPS) is 10.5. The number of aromatic nitrogens is 2. The van der Waals surface area contributed by atoms with Gasteiger partial charge in [-0.15, -0.1) is 0 Å². The number of carbonyl (C=O) groups is 1. The molecule has 2 aromatic rings. The van der Waals surface area contributed by atoms with Gasteiger partial charge in [0.15, 0.2) is 0 Å². The highest BCUT2D eigenvalue weighted by Crippen LogP contribution is 2.06. The van der Waals surface area contributed by atoms with Crippen LogP contribution >= 0.6 is 11.3 Å². The molecule has 2 rings (SSSR count). The van der Waals surface area contributed by atoms with Crippen molar-refractivity contribution in [2.24, 2.45) is 0 Å². The van der Waals surface area contributed by atoms with Crippen LogP contribution in [0.1, 0.15) is 24.7 Å². The Morgan fingerprint density at radius 3 is 3.17 bits per heavy atom. The summed E-state index contributed by atoms with van der Waals surface area (Å²) in [5.41, 5.74) is 1.06. The molecule has 0 aliphatic carbocycles. The average molecular weight is 263 g/mol. The van der Waals surface area contributed by atoms with Crippen LogP contribution < -0.4 is 5.32 Å². The molecule has 0 spiro atoms. The molecule has 5 heteroatoms. The molecule has 0 radical (unpaired) electrons. The largest absolute Gasteiger partial charge is 0.349 e. The number of rotatable bonds is 6. The van der Waals surface area contributed by atoms with Gasteiger partial charge in [-0.1, -0.05) is 6.92 Å². The SMILES string of the molecule is CCCn1ccnc1CNC(=O)Cc1ccsc1. The van der Waals surface area contributed by atoms with Gasteiger partial charge in [0.05, 0.1) is 13.0 Å². The molecule has 1 amide bonds. The second-order valence-electron chi connectivity index (χ2n) is 4.12. The summed E-state index contributed by atoms with van der Waals surface area (Å²) < 4.78 is 2.07. The summed E-state index contributed by atoms with van der Waals surface area (Å²) in [5, 5.41) is 6.88. The lowest BCUT2D eigenvalue weighted by molar-refractivity contribution is -0.120. The molecule has 0 saturated carbocycles. The Labute approximate surface area is 111 Å². The van der Waals surface area contributed by atoms with Crippen LogP contribution in [0.4, 0.5) is 0 Å². The quantitative estimate of drug-likeness (QED) is 0.868. The van der Waals surface area contributed by atoms with E-state index >= 15 is 0 Å². The number of amides is 1. The Balaban J connectivity index is 1.83. The van der Waals surface area contributed by atoms with Gasteiger partial charge in [-0.05, 0) is 28.8 Å². The van der Waals surface area contributed by atoms with Gasteiger partial charge in [0.2, 0.25) is 5.91 Å². The number of aryl methyl sites for hydroxylation is 1. The molecule has 0 fully saturated rings. The molecule has 96 valence electrons. The highest BCUT2D eigenvalue weighted by Gasteiger charge is 2.06. The van der Waals surface area contributed by atoms with E-state index in [1.165, 1.54) is 0 Å². The molecule has 0 saturated heterocycles. The van der Waals surface area contributed by atoms with Crippen molar-refractivity contribution in [2.45, 2.75) is 32.9 Å². The minimum absolute atomic E-state index is 0.0412. The molecule has 2 aromatic heterocycles. The molecule has 0 aromatic carbocycles. The van der Waals surface area contributed by atoms with Crippen LogP contribution in [-0.4, -0.2) is 15.5 Å². The minimum atomic E-state index is 0.0412. The van der Waals surface area contributed by atoms with Crippen LogP contribution in [0.15, 0.2) is 29.2 Å². The summed E-state index contributed by atoms with van der Waals surface area (Å²) >= 11 is 1.61. The molecule has 2 heterocycles. The van der Waals surface area contributed by atoms with Crippen LogP contribution in [0.2, 0.25) is 0 Å². The summed E-state index contributed by atoms with van der Waals surface area (Å²) in [6.07, 6.45) is 5.23. The Hall–Kier alpha value is -1.62. The van der Waals surface area contributed by atoms with E-state index in [2.05, 4.69) is 21.8 Å². The third kappa shape index (κ3) is 3.43. The Bertz CT molecular complexity index is 490. The molecular formula is C13H17N3OS. The lowest BCUT2D eigenvalue weighted by Gasteiger charge is -2.07.